The predicted octanol–water partition coefficient (Wildman–Crippen LogP) is 3.43. The van der Waals surface area contributed by atoms with E-state index in [2.05, 4.69) is 5.32 Å². The summed E-state index contributed by atoms with van der Waals surface area (Å²) >= 11 is 0. The molecular weight excluding hydrogens is 276 g/mol. The van der Waals surface area contributed by atoms with Crippen molar-refractivity contribution in [2.45, 2.75) is 19.6 Å². The molecule has 0 aromatic heterocycles. The molecule has 0 radical (unpaired) electrons. The highest BCUT2D eigenvalue weighted by Crippen LogP contribution is 2.24. The Labute approximate surface area is 122 Å². The molecule has 3 nitrogen and oxygen atoms in total. The van der Waals surface area contributed by atoms with Crippen LogP contribution in [0.25, 0.3) is 0 Å². The van der Waals surface area contributed by atoms with Gasteiger partial charge in [-0.3, -0.25) is 0 Å². The van der Waals surface area contributed by atoms with Crippen LogP contribution < -0.4 is 10.1 Å². The molecule has 112 valence electrons. The molecule has 0 atom stereocenters. The third kappa shape index (κ3) is 4.72. The number of anilines is 1. The van der Waals surface area contributed by atoms with Gasteiger partial charge in [-0.1, -0.05) is 36.4 Å². The lowest BCUT2D eigenvalue weighted by Crippen LogP contribution is -2.09. The highest BCUT2D eigenvalue weighted by atomic mass is 19.3. The van der Waals surface area contributed by atoms with Crippen LogP contribution in [0.2, 0.25) is 0 Å². The van der Waals surface area contributed by atoms with Gasteiger partial charge in [-0.25, -0.2) is 8.78 Å². The molecule has 21 heavy (non-hydrogen) atoms. The van der Waals surface area contributed by atoms with Crippen LogP contribution in [0.4, 0.5) is 14.5 Å². The second kappa shape index (κ2) is 7.59. The summed E-state index contributed by atoms with van der Waals surface area (Å²) in [6.07, 6.45) is -2.50. The second-order valence-electron chi connectivity index (χ2n) is 4.53. The lowest BCUT2D eigenvalue weighted by molar-refractivity contribution is 0.0822. The van der Waals surface area contributed by atoms with E-state index in [4.69, 9.17) is 9.84 Å². The number of halogens is 2. The van der Waals surface area contributed by atoms with Crippen molar-refractivity contribution in [3.05, 3.63) is 59.7 Å². The molecular formula is C16H17F2NO2. The Morgan fingerprint density at radius 3 is 2.33 bits per heavy atom. The maximum absolute atomic E-state index is 12.2. The fraction of sp³-hybridized carbons (Fsp3) is 0.250. The van der Waals surface area contributed by atoms with Crippen molar-refractivity contribution in [3.63, 3.8) is 0 Å². The summed E-state index contributed by atoms with van der Waals surface area (Å²) in [5.41, 5.74) is 2.54. The van der Waals surface area contributed by atoms with Gasteiger partial charge in [0.25, 0.3) is 6.43 Å². The largest absolute Gasteiger partial charge is 0.485 e. The zero-order valence-electron chi connectivity index (χ0n) is 11.4. The van der Waals surface area contributed by atoms with Crippen LogP contribution in [0.5, 0.6) is 5.75 Å². The monoisotopic (exact) mass is 293 g/mol. The first kappa shape index (κ1) is 15.3. The Bertz CT molecular complexity index is 558. The van der Waals surface area contributed by atoms with Crippen molar-refractivity contribution >= 4 is 5.69 Å². The fourth-order valence-electron chi connectivity index (χ4n) is 1.85. The highest BCUT2D eigenvalue weighted by molar-refractivity contribution is 5.56. The summed E-state index contributed by atoms with van der Waals surface area (Å²) in [6.45, 7) is -0.0668. The zero-order chi connectivity index (χ0) is 15.1. The number of hydrogen-bond acceptors (Lipinski definition) is 3. The minimum absolute atomic E-state index is 0.0119. The molecule has 0 bridgehead atoms. The van der Waals surface area contributed by atoms with Crippen LogP contribution in [0.1, 0.15) is 11.1 Å². The van der Waals surface area contributed by atoms with Gasteiger partial charge in [0.1, 0.15) is 12.4 Å². The van der Waals surface area contributed by atoms with E-state index in [-0.39, 0.29) is 6.61 Å². The second-order valence-corrected chi connectivity index (χ2v) is 4.53. The molecule has 0 aliphatic heterocycles. The fourth-order valence-corrected chi connectivity index (χ4v) is 1.85. The van der Waals surface area contributed by atoms with Gasteiger partial charge in [-0.15, -0.1) is 0 Å². The lowest BCUT2D eigenvalue weighted by atomic mass is 10.1. The van der Waals surface area contributed by atoms with E-state index in [0.717, 1.165) is 11.1 Å². The molecule has 0 unspecified atom stereocenters. The Kier molecular flexibility index (Phi) is 5.51. The van der Waals surface area contributed by atoms with Crippen molar-refractivity contribution in [3.8, 4) is 5.75 Å². The van der Waals surface area contributed by atoms with Gasteiger partial charge >= 0.3 is 0 Å². The first-order valence-corrected chi connectivity index (χ1v) is 6.61. The molecule has 2 aromatic rings. The van der Waals surface area contributed by atoms with Gasteiger partial charge in [-0.05, 0) is 23.3 Å². The number of benzene rings is 2. The minimum Gasteiger partial charge on any atom is -0.485 e. The van der Waals surface area contributed by atoms with Crippen molar-refractivity contribution in [1.82, 2.24) is 0 Å². The molecule has 0 spiro atoms. The van der Waals surface area contributed by atoms with Gasteiger partial charge in [-0.2, -0.15) is 0 Å². The van der Waals surface area contributed by atoms with Crippen LogP contribution in [-0.4, -0.2) is 18.1 Å². The summed E-state index contributed by atoms with van der Waals surface area (Å²) in [5, 5.41) is 12.1. The smallest absolute Gasteiger partial charge is 0.272 e. The summed E-state index contributed by atoms with van der Waals surface area (Å²) in [5.74, 6) is 0.407. The van der Waals surface area contributed by atoms with Crippen molar-refractivity contribution in [2.75, 3.05) is 11.9 Å². The predicted molar refractivity (Wildman–Crippen MR) is 77.6 cm³/mol. The Morgan fingerprint density at radius 2 is 1.67 bits per heavy atom. The molecule has 0 aliphatic carbocycles. The standard InChI is InChI=1S/C16H17F2NO2/c17-16(18)11-21-15-4-2-1-3-14(15)19-9-12-5-7-13(10-20)8-6-12/h1-8,16,19-20H,9-11H2. The average Bonchev–Trinajstić information content (AvgIpc) is 2.52. The number of aliphatic hydroxyl groups is 1. The number of para-hydroxylation sites is 2. The van der Waals surface area contributed by atoms with E-state index in [9.17, 15) is 8.78 Å². The third-order valence-corrected chi connectivity index (χ3v) is 2.94. The average molecular weight is 293 g/mol. The van der Waals surface area contributed by atoms with Crippen LogP contribution in [0.15, 0.2) is 48.5 Å². The first-order chi connectivity index (χ1) is 10.2. The maximum Gasteiger partial charge on any atom is 0.272 e. The topological polar surface area (TPSA) is 41.5 Å². The number of hydrogen-bond donors (Lipinski definition) is 2. The highest BCUT2D eigenvalue weighted by Gasteiger charge is 2.07. The van der Waals surface area contributed by atoms with E-state index in [1.54, 1.807) is 18.2 Å². The summed E-state index contributed by atoms with van der Waals surface area (Å²) in [7, 11) is 0. The number of ether oxygens (including phenoxy) is 1. The molecule has 0 saturated carbocycles. The van der Waals surface area contributed by atoms with Gasteiger partial charge < -0.3 is 15.2 Å². The summed E-state index contributed by atoms with van der Waals surface area (Å²) < 4.78 is 29.5. The van der Waals surface area contributed by atoms with E-state index in [0.29, 0.717) is 18.0 Å². The van der Waals surface area contributed by atoms with Crippen LogP contribution in [-0.2, 0) is 13.2 Å². The summed E-state index contributed by atoms with van der Waals surface area (Å²) in [4.78, 5) is 0. The third-order valence-electron chi connectivity index (χ3n) is 2.94. The van der Waals surface area contributed by atoms with Crippen LogP contribution in [0.3, 0.4) is 0 Å². The van der Waals surface area contributed by atoms with E-state index >= 15 is 0 Å². The number of nitrogens with one attached hydrogen (secondary N) is 1. The van der Waals surface area contributed by atoms with Crippen LogP contribution in [0, 0.1) is 0 Å². The van der Waals surface area contributed by atoms with Gasteiger partial charge in [0.15, 0.2) is 0 Å². The molecule has 2 aromatic carbocycles. The molecule has 2 rings (SSSR count). The van der Waals surface area contributed by atoms with E-state index < -0.39 is 13.0 Å². The van der Waals surface area contributed by atoms with Crippen molar-refractivity contribution in [1.29, 1.82) is 0 Å². The van der Waals surface area contributed by atoms with Crippen LogP contribution >= 0.6 is 0 Å². The van der Waals surface area contributed by atoms with Gasteiger partial charge in [0.05, 0.1) is 12.3 Å². The lowest BCUT2D eigenvalue weighted by Gasteiger charge is -2.13. The normalized spacial score (nSPS) is 10.7. The number of rotatable bonds is 7. The van der Waals surface area contributed by atoms with Gasteiger partial charge in [0.2, 0.25) is 0 Å². The van der Waals surface area contributed by atoms with Crippen molar-refractivity contribution < 1.29 is 18.6 Å². The molecule has 0 heterocycles. The zero-order valence-corrected chi connectivity index (χ0v) is 11.4. The maximum atomic E-state index is 12.2. The molecule has 5 heteroatoms. The Morgan fingerprint density at radius 1 is 1.00 bits per heavy atom. The summed E-state index contributed by atoms with van der Waals surface area (Å²) in [6, 6.07) is 14.5. The molecule has 0 fully saturated rings. The molecule has 0 saturated heterocycles. The number of aliphatic hydroxyl groups excluding tert-OH is 1. The van der Waals surface area contributed by atoms with Gasteiger partial charge in [0, 0.05) is 6.54 Å². The van der Waals surface area contributed by atoms with E-state index in [1.807, 2.05) is 30.3 Å². The molecule has 2 N–H and O–H groups in total. The Hall–Kier alpha value is -2.14. The Balaban J connectivity index is 1.98. The van der Waals surface area contributed by atoms with E-state index in [1.165, 1.54) is 0 Å². The molecule has 0 amide bonds. The molecule has 0 aliphatic rings. The minimum atomic E-state index is -2.50. The quantitative estimate of drug-likeness (QED) is 0.821. The first-order valence-electron chi connectivity index (χ1n) is 6.61. The SMILES string of the molecule is OCc1ccc(CNc2ccccc2OCC(F)F)cc1. The van der Waals surface area contributed by atoms with Crippen molar-refractivity contribution in [2.24, 2.45) is 0 Å². The number of alkyl halides is 2.